The van der Waals surface area contributed by atoms with E-state index < -0.39 is 16.2 Å². The summed E-state index contributed by atoms with van der Waals surface area (Å²) in [7, 11) is 0.668. The van der Waals surface area contributed by atoms with Crippen LogP contribution < -0.4 is 10.0 Å². The SMILES string of the molecule is COCC1(CNS(=O)(=O)N(C)CCC(=O)OC)CCCN1. The van der Waals surface area contributed by atoms with Crippen LogP contribution in [0.5, 0.6) is 0 Å². The predicted octanol–water partition coefficient (Wildman–Crippen LogP) is -0.916. The van der Waals surface area contributed by atoms with Gasteiger partial charge in [0.05, 0.1) is 25.7 Å². The average Bonchev–Trinajstić information content (AvgIpc) is 2.91. The van der Waals surface area contributed by atoms with Gasteiger partial charge in [-0.3, -0.25) is 4.79 Å². The lowest BCUT2D eigenvalue weighted by Crippen LogP contribution is -2.54. The van der Waals surface area contributed by atoms with E-state index >= 15 is 0 Å². The summed E-state index contributed by atoms with van der Waals surface area (Å²) in [6, 6.07) is 0. The summed E-state index contributed by atoms with van der Waals surface area (Å²) in [5, 5.41) is 3.30. The smallest absolute Gasteiger partial charge is 0.306 e. The Bertz CT molecular complexity index is 434. The summed E-state index contributed by atoms with van der Waals surface area (Å²) < 4.78 is 37.6. The molecule has 0 amide bonds. The normalized spacial score (nSPS) is 22.7. The van der Waals surface area contributed by atoms with E-state index in [4.69, 9.17) is 4.74 Å². The average molecular weight is 323 g/mol. The Kier molecular flexibility index (Phi) is 7.01. The molecule has 1 unspecified atom stereocenters. The minimum atomic E-state index is -3.63. The molecule has 1 aliphatic heterocycles. The molecule has 1 fully saturated rings. The molecule has 2 N–H and O–H groups in total. The van der Waals surface area contributed by atoms with Gasteiger partial charge in [0.2, 0.25) is 0 Å². The molecule has 0 saturated carbocycles. The largest absolute Gasteiger partial charge is 0.469 e. The molecule has 1 saturated heterocycles. The summed E-state index contributed by atoms with van der Waals surface area (Å²) in [6.07, 6.45) is 1.87. The number of ether oxygens (including phenoxy) is 2. The van der Waals surface area contributed by atoms with Crippen LogP contribution in [-0.2, 0) is 24.5 Å². The standard InChI is InChI=1S/C12H25N3O5S/c1-15(8-5-11(16)20-3)21(17,18)14-9-12(10-19-2)6-4-7-13-12/h13-14H,4-10H2,1-3H3. The third-order valence-electron chi connectivity index (χ3n) is 3.61. The number of carbonyl (C=O) groups is 1. The first-order valence-corrected chi connectivity index (χ1v) is 8.31. The highest BCUT2D eigenvalue weighted by molar-refractivity contribution is 7.87. The van der Waals surface area contributed by atoms with Crippen LogP contribution >= 0.6 is 0 Å². The van der Waals surface area contributed by atoms with Gasteiger partial charge in [0, 0.05) is 27.2 Å². The van der Waals surface area contributed by atoms with E-state index in [0.29, 0.717) is 6.61 Å². The summed E-state index contributed by atoms with van der Waals surface area (Å²) in [5.74, 6) is -0.439. The van der Waals surface area contributed by atoms with Crippen LogP contribution in [0.1, 0.15) is 19.3 Å². The first kappa shape index (κ1) is 18.3. The molecule has 0 aromatic heterocycles. The number of nitrogens with zero attached hydrogens (tertiary/aromatic N) is 1. The fraction of sp³-hybridized carbons (Fsp3) is 0.917. The molecule has 1 aliphatic rings. The number of rotatable bonds is 9. The Morgan fingerprint density at radius 1 is 1.43 bits per heavy atom. The molecule has 0 aromatic carbocycles. The van der Waals surface area contributed by atoms with Crippen molar-refractivity contribution in [1.82, 2.24) is 14.3 Å². The summed E-state index contributed by atoms with van der Waals surface area (Å²) >= 11 is 0. The number of nitrogens with one attached hydrogen (secondary N) is 2. The number of carbonyl (C=O) groups excluding carboxylic acids is 1. The first-order valence-electron chi connectivity index (χ1n) is 6.87. The van der Waals surface area contributed by atoms with Gasteiger partial charge in [-0.1, -0.05) is 0 Å². The van der Waals surface area contributed by atoms with E-state index in [-0.39, 0.29) is 25.0 Å². The highest BCUT2D eigenvalue weighted by Gasteiger charge is 2.35. The van der Waals surface area contributed by atoms with Crippen LogP contribution in [0.2, 0.25) is 0 Å². The van der Waals surface area contributed by atoms with Crippen molar-refractivity contribution in [2.45, 2.75) is 24.8 Å². The van der Waals surface area contributed by atoms with Gasteiger partial charge in [-0.05, 0) is 19.4 Å². The molecule has 1 heterocycles. The lowest BCUT2D eigenvalue weighted by molar-refractivity contribution is -0.140. The minimum Gasteiger partial charge on any atom is -0.469 e. The Morgan fingerprint density at radius 3 is 2.67 bits per heavy atom. The molecule has 9 heteroatoms. The molecule has 0 bridgehead atoms. The van der Waals surface area contributed by atoms with Gasteiger partial charge in [0.25, 0.3) is 10.2 Å². The number of hydrogen-bond acceptors (Lipinski definition) is 6. The van der Waals surface area contributed by atoms with Crippen molar-refractivity contribution >= 4 is 16.2 Å². The van der Waals surface area contributed by atoms with Crippen molar-refractivity contribution < 1.29 is 22.7 Å². The summed E-state index contributed by atoms with van der Waals surface area (Å²) in [5.41, 5.74) is -0.356. The second kappa shape index (κ2) is 8.04. The van der Waals surface area contributed by atoms with Gasteiger partial charge < -0.3 is 14.8 Å². The maximum absolute atomic E-state index is 12.1. The lowest BCUT2D eigenvalue weighted by Gasteiger charge is -2.29. The fourth-order valence-corrected chi connectivity index (χ4v) is 3.29. The van der Waals surface area contributed by atoms with Crippen LogP contribution in [-0.4, -0.2) is 71.7 Å². The molecular formula is C12H25N3O5S. The zero-order valence-electron chi connectivity index (χ0n) is 12.8. The molecule has 0 aliphatic carbocycles. The van der Waals surface area contributed by atoms with Crippen LogP contribution in [0.15, 0.2) is 0 Å². The Labute approximate surface area is 126 Å². The Morgan fingerprint density at radius 2 is 2.14 bits per heavy atom. The quantitative estimate of drug-likeness (QED) is 0.533. The first-order chi connectivity index (χ1) is 9.85. The van der Waals surface area contributed by atoms with Gasteiger partial charge in [-0.15, -0.1) is 0 Å². The zero-order chi connectivity index (χ0) is 15.9. The summed E-state index contributed by atoms with van der Waals surface area (Å²) in [4.78, 5) is 11.1. The molecule has 1 rings (SSSR count). The Balaban J connectivity index is 2.52. The maximum Gasteiger partial charge on any atom is 0.306 e. The minimum absolute atomic E-state index is 0.0232. The van der Waals surface area contributed by atoms with Crippen molar-refractivity contribution in [3.05, 3.63) is 0 Å². The van der Waals surface area contributed by atoms with E-state index in [2.05, 4.69) is 14.8 Å². The van der Waals surface area contributed by atoms with Gasteiger partial charge in [-0.25, -0.2) is 4.72 Å². The van der Waals surface area contributed by atoms with E-state index in [1.807, 2.05) is 0 Å². The second-order valence-corrected chi connectivity index (χ2v) is 7.08. The van der Waals surface area contributed by atoms with Crippen LogP contribution in [0.4, 0.5) is 0 Å². The number of hydrogen-bond donors (Lipinski definition) is 2. The Hall–Kier alpha value is -0.740. The van der Waals surface area contributed by atoms with Gasteiger partial charge in [-0.2, -0.15) is 12.7 Å². The molecule has 21 heavy (non-hydrogen) atoms. The third-order valence-corrected chi connectivity index (χ3v) is 5.13. The van der Waals surface area contributed by atoms with Gasteiger partial charge >= 0.3 is 5.97 Å². The van der Waals surface area contributed by atoms with Crippen LogP contribution in [0.25, 0.3) is 0 Å². The van der Waals surface area contributed by atoms with Gasteiger partial charge in [0.15, 0.2) is 0 Å². The topological polar surface area (TPSA) is 97.0 Å². The monoisotopic (exact) mass is 323 g/mol. The molecule has 0 radical (unpaired) electrons. The highest BCUT2D eigenvalue weighted by Crippen LogP contribution is 2.19. The van der Waals surface area contributed by atoms with Crippen molar-refractivity contribution in [3.63, 3.8) is 0 Å². The molecule has 124 valence electrons. The maximum atomic E-state index is 12.1. The fourth-order valence-electron chi connectivity index (χ4n) is 2.28. The molecule has 0 spiro atoms. The van der Waals surface area contributed by atoms with Crippen molar-refractivity contribution in [1.29, 1.82) is 0 Å². The zero-order valence-corrected chi connectivity index (χ0v) is 13.7. The highest BCUT2D eigenvalue weighted by atomic mass is 32.2. The van der Waals surface area contributed by atoms with E-state index in [9.17, 15) is 13.2 Å². The molecule has 8 nitrogen and oxygen atoms in total. The number of esters is 1. The lowest BCUT2D eigenvalue weighted by atomic mass is 9.99. The predicted molar refractivity (Wildman–Crippen MR) is 78.0 cm³/mol. The van der Waals surface area contributed by atoms with Crippen LogP contribution in [0.3, 0.4) is 0 Å². The van der Waals surface area contributed by atoms with E-state index in [1.165, 1.54) is 14.2 Å². The van der Waals surface area contributed by atoms with Crippen LogP contribution in [0, 0.1) is 0 Å². The van der Waals surface area contributed by atoms with E-state index in [0.717, 1.165) is 23.7 Å². The molecular weight excluding hydrogens is 298 g/mol. The molecule has 1 atom stereocenters. The molecule has 0 aromatic rings. The summed E-state index contributed by atoms with van der Waals surface area (Å²) in [6.45, 7) is 1.63. The van der Waals surface area contributed by atoms with Crippen molar-refractivity contribution in [2.75, 3.05) is 47.5 Å². The van der Waals surface area contributed by atoms with E-state index in [1.54, 1.807) is 7.11 Å². The second-order valence-electron chi connectivity index (χ2n) is 5.22. The van der Waals surface area contributed by atoms with Gasteiger partial charge in [0.1, 0.15) is 0 Å². The van der Waals surface area contributed by atoms with Crippen molar-refractivity contribution in [2.24, 2.45) is 0 Å². The number of methoxy groups -OCH3 is 2. The third kappa shape index (κ3) is 5.51. The van der Waals surface area contributed by atoms with Crippen molar-refractivity contribution in [3.8, 4) is 0 Å².